The fourth-order valence-electron chi connectivity index (χ4n) is 2.51. The van der Waals surface area contributed by atoms with E-state index in [0.717, 1.165) is 11.8 Å². The molecule has 1 amide bonds. The fraction of sp³-hybridized carbons (Fsp3) is 0.278. The Balaban J connectivity index is 2.23. The van der Waals surface area contributed by atoms with Gasteiger partial charge in [-0.15, -0.1) is 0 Å². The third kappa shape index (κ3) is 4.30. The molecule has 0 bridgehead atoms. The minimum atomic E-state index is -3.40. The first kappa shape index (κ1) is 18.8. The molecular weight excluding hydrogens is 340 g/mol. The molecule has 134 valence electrons. The number of hydrogen-bond donors (Lipinski definition) is 1. The first-order valence-corrected chi connectivity index (χ1v) is 9.54. The summed E-state index contributed by atoms with van der Waals surface area (Å²) in [6.07, 6.45) is 1.13. The largest absolute Gasteiger partial charge is 0.496 e. The van der Waals surface area contributed by atoms with Crippen molar-refractivity contribution >= 4 is 21.6 Å². The normalized spacial score (nSPS) is 11.0. The van der Waals surface area contributed by atoms with E-state index in [1.807, 2.05) is 24.3 Å². The Labute approximate surface area is 148 Å². The molecule has 0 spiro atoms. The lowest BCUT2D eigenvalue weighted by Crippen LogP contribution is -2.28. The van der Waals surface area contributed by atoms with Crippen LogP contribution in [0.5, 0.6) is 5.75 Å². The zero-order valence-corrected chi connectivity index (χ0v) is 15.6. The fourth-order valence-corrected chi connectivity index (χ4v) is 3.06. The zero-order chi connectivity index (χ0) is 18.6. The van der Waals surface area contributed by atoms with E-state index in [2.05, 4.69) is 5.32 Å². The molecule has 25 heavy (non-hydrogen) atoms. The first-order valence-electron chi connectivity index (χ1n) is 7.69. The van der Waals surface area contributed by atoms with Crippen LogP contribution in [-0.4, -0.2) is 34.7 Å². The molecule has 0 aliphatic heterocycles. The number of methoxy groups -OCH3 is 1. The van der Waals surface area contributed by atoms with E-state index in [0.29, 0.717) is 29.1 Å². The number of carbonyl (C=O) groups is 1. The highest BCUT2D eigenvalue weighted by Crippen LogP contribution is 2.24. The second-order valence-corrected chi connectivity index (χ2v) is 7.69. The predicted molar refractivity (Wildman–Crippen MR) is 98.6 cm³/mol. The molecule has 0 aromatic heterocycles. The van der Waals surface area contributed by atoms with Gasteiger partial charge in [-0.25, -0.2) is 8.42 Å². The summed E-state index contributed by atoms with van der Waals surface area (Å²) in [5.41, 5.74) is 2.38. The number of sulfonamides is 1. The van der Waals surface area contributed by atoms with Crippen LogP contribution >= 0.6 is 0 Å². The number of para-hydroxylation sites is 1. The Morgan fingerprint density at radius 1 is 1.16 bits per heavy atom. The molecule has 0 fully saturated rings. The van der Waals surface area contributed by atoms with Crippen molar-refractivity contribution in [2.45, 2.75) is 13.5 Å². The summed E-state index contributed by atoms with van der Waals surface area (Å²) in [7, 11) is -0.355. The third-order valence-corrected chi connectivity index (χ3v) is 5.21. The number of rotatable bonds is 6. The van der Waals surface area contributed by atoms with E-state index < -0.39 is 10.0 Å². The molecule has 0 heterocycles. The summed E-state index contributed by atoms with van der Waals surface area (Å²) in [6.45, 7) is 2.05. The maximum absolute atomic E-state index is 12.5. The molecule has 0 radical (unpaired) electrons. The Hall–Kier alpha value is -2.54. The first-order chi connectivity index (χ1) is 11.8. The van der Waals surface area contributed by atoms with Gasteiger partial charge in [0.05, 0.1) is 19.1 Å². The lowest BCUT2D eigenvalue weighted by atomic mass is 10.1. The van der Waals surface area contributed by atoms with E-state index in [-0.39, 0.29) is 5.91 Å². The molecule has 2 rings (SSSR count). The monoisotopic (exact) mass is 362 g/mol. The highest BCUT2D eigenvalue weighted by atomic mass is 32.2. The standard InChI is InChI=1S/C18H22N2O4S/c1-13-15(9-7-10-16(13)20(2)25(4,22)23)18(21)19-12-14-8-5-6-11-17(14)24-3/h5-11H,12H2,1-4H3,(H,19,21). The Morgan fingerprint density at radius 3 is 2.48 bits per heavy atom. The van der Waals surface area contributed by atoms with Crippen LogP contribution in [0.4, 0.5) is 5.69 Å². The predicted octanol–water partition coefficient (Wildman–Crippen LogP) is 2.33. The molecule has 7 heteroatoms. The molecule has 1 N–H and O–H groups in total. The van der Waals surface area contributed by atoms with Crippen LogP contribution in [0, 0.1) is 6.92 Å². The highest BCUT2D eigenvalue weighted by molar-refractivity contribution is 7.92. The summed E-state index contributed by atoms with van der Waals surface area (Å²) < 4.78 is 30.0. The van der Waals surface area contributed by atoms with Gasteiger partial charge in [-0.2, -0.15) is 0 Å². The van der Waals surface area contributed by atoms with Gasteiger partial charge in [-0.1, -0.05) is 24.3 Å². The Bertz CT molecular complexity index is 878. The van der Waals surface area contributed by atoms with Crippen molar-refractivity contribution in [1.29, 1.82) is 0 Å². The minimum Gasteiger partial charge on any atom is -0.496 e. The highest BCUT2D eigenvalue weighted by Gasteiger charge is 2.18. The number of ether oxygens (including phenoxy) is 1. The average molecular weight is 362 g/mol. The number of nitrogens with zero attached hydrogens (tertiary/aromatic N) is 1. The second kappa shape index (κ2) is 7.57. The van der Waals surface area contributed by atoms with E-state index in [4.69, 9.17) is 4.74 Å². The van der Waals surface area contributed by atoms with Crippen molar-refractivity contribution < 1.29 is 17.9 Å². The number of anilines is 1. The summed E-state index contributed by atoms with van der Waals surface area (Å²) in [5, 5.41) is 2.85. The molecule has 0 aliphatic rings. The van der Waals surface area contributed by atoms with Gasteiger partial charge < -0.3 is 10.1 Å². The zero-order valence-electron chi connectivity index (χ0n) is 14.7. The molecular formula is C18H22N2O4S. The van der Waals surface area contributed by atoms with Gasteiger partial charge in [0.25, 0.3) is 5.91 Å². The van der Waals surface area contributed by atoms with Crippen molar-refractivity contribution in [2.24, 2.45) is 0 Å². The van der Waals surface area contributed by atoms with Crippen molar-refractivity contribution in [2.75, 3.05) is 24.7 Å². The van der Waals surface area contributed by atoms with Gasteiger partial charge in [-0.3, -0.25) is 9.10 Å². The SMILES string of the molecule is COc1ccccc1CNC(=O)c1cccc(N(C)S(C)(=O)=O)c1C. The van der Waals surface area contributed by atoms with Gasteiger partial charge in [-0.05, 0) is 30.7 Å². The number of carbonyl (C=O) groups excluding carboxylic acids is 1. The summed E-state index contributed by atoms with van der Waals surface area (Å²) >= 11 is 0. The summed E-state index contributed by atoms with van der Waals surface area (Å²) in [6, 6.07) is 12.5. The van der Waals surface area contributed by atoms with Crippen LogP contribution in [0.25, 0.3) is 0 Å². The van der Waals surface area contributed by atoms with Gasteiger partial charge in [0, 0.05) is 24.7 Å². The maximum atomic E-state index is 12.5. The lowest BCUT2D eigenvalue weighted by Gasteiger charge is -2.20. The smallest absolute Gasteiger partial charge is 0.251 e. The van der Waals surface area contributed by atoms with Crippen LogP contribution in [0.15, 0.2) is 42.5 Å². The van der Waals surface area contributed by atoms with Gasteiger partial charge in [0.1, 0.15) is 5.75 Å². The van der Waals surface area contributed by atoms with Crippen molar-refractivity contribution in [3.63, 3.8) is 0 Å². The van der Waals surface area contributed by atoms with Gasteiger partial charge in [0.15, 0.2) is 0 Å². The molecule has 6 nitrogen and oxygen atoms in total. The van der Waals surface area contributed by atoms with Gasteiger partial charge in [0.2, 0.25) is 10.0 Å². The van der Waals surface area contributed by atoms with E-state index in [1.54, 1.807) is 32.2 Å². The van der Waals surface area contributed by atoms with E-state index >= 15 is 0 Å². The quantitative estimate of drug-likeness (QED) is 0.856. The second-order valence-electron chi connectivity index (χ2n) is 5.67. The number of benzene rings is 2. The summed E-state index contributed by atoms with van der Waals surface area (Å²) in [5.74, 6) is 0.428. The minimum absolute atomic E-state index is 0.271. The van der Waals surface area contributed by atoms with Crippen LogP contribution in [0.2, 0.25) is 0 Å². The number of amides is 1. The molecule has 0 saturated carbocycles. The molecule has 0 atom stereocenters. The van der Waals surface area contributed by atoms with Crippen LogP contribution in [0.1, 0.15) is 21.5 Å². The van der Waals surface area contributed by atoms with E-state index in [1.165, 1.54) is 11.4 Å². The molecule has 0 aliphatic carbocycles. The number of nitrogens with one attached hydrogen (secondary N) is 1. The number of hydrogen-bond acceptors (Lipinski definition) is 4. The van der Waals surface area contributed by atoms with Crippen molar-refractivity contribution in [1.82, 2.24) is 5.32 Å². The van der Waals surface area contributed by atoms with Crippen molar-refractivity contribution in [3.05, 3.63) is 59.2 Å². The molecule has 0 unspecified atom stereocenters. The third-order valence-electron chi connectivity index (χ3n) is 4.02. The Kier molecular flexibility index (Phi) is 5.69. The Morgan fingerprint density at radius 2 is 1.84 bits per heavy atom. The summed E-state index contributed by atoms with van der Waals surface area (Å²) in [4.78, 5) is 12.5. The van der Waals surface area contributed by atoms with Crippen LogP contribution < -0.4 is 14.4 Å². The lowest BCUT2D eigenvalue weighted by molar-refractivity contribution is 0.0950. The van der Waals surface area contributed by atoms with Crippen LogP contribution in [-0.2, 0) is 16.6 Å². The average Bonchev–Trinajstić information content (AvgIpc) is 2.58. The van der Waals surface area contributed by atoms with Gasteiger partial charge >= 0.3 is 0 Å². The molecule has 2 aromatic carbocycles. The van der Waals surface area contributed by atoms with Crippen molar-refractivity contribution in [3.8, 4) is 5.75 Å². The van der Waals surface area contributed by atoms with Crippen LogP contribution in [0.3, 0.4) is 0 Å². The maximum Gasteiger partial charge on any atom is 0.251 e. The molecule has 0 saturated heterocycles. The molecule has 2 aromatic rings. The topological polar surface area (TPSA) is 75.7 Å². The van der Waals surface area contributed by atoms with E-state index in [9.17, 15) is 13.2 Å².